The van der Waals surface area contributed by atoms with Gasteiger partial charge < -0.3 is 8.98 Å². The van der Waals surface area contributed by atoms with Crippen LogP contribution < -0.4 is 0 Å². The molecule has 4 aliphatic carbocycles. The summed E-state index contributed by atoms with van der Waals surface area (Å²) in [6.07, 6.45) is 11.7. The first-order valence-corrected chi connectivity index (χ1v) is 18.1. The summed E-state index contributed by atoms with van der Waals surface area (Å²) in [6, 6.07) is 45.0. The third-order valence-electron chi connectivity index (χ3n) is 12.4. The Hall–Kier alpha value is -6.12. The molecule has 0 fully saturated rings. The Morgan fingerprint density at radius 3 is 2.14 bits per heavy atom. The lowest BCUT2D eigenvalue weighted by Gasteiger charge is -2.31. The van der Waals surface area contributed by atoms with E-state index in [-0.39, 0.29) is 5.41 Å². The maximum atomic E-state index is 6.38. The molecule has 2 atom stereocenters. The summed E-state index contributed by atoms with van der Waals surface area (Å²) in [5.41, 5.74) is 19.1. The lowest BCUT2D eigenvalue weighted by atomic mass is 9.72. The molecule has 2 unspecified atom stereocenters. The number of para-hydroxylation sites is 2. The Labute approximate surface area is 296 Å². The molecule has 0 spiro atoms. The highest BCUT2D eigenvalue weighted by atomic mass is 16.3. The highest BCUT2D eigenvalue weighted by Gasteiger charge is 2.41. The Bertz CT molecular complexity index is 2990. The van der Waals surface area contributed by atoms with Crippen molar-refractivity contribution in [1.82, 2.24) is 4.57 Å². The smallest absolute Gasteiger partial charge is 0.135 e. The van der Waals surface area contributed by atoms with Crippen molar-refractivity contribution < 1.29 is 4.42 Å². The molecule has 51 heavy (non-hydrogen) atoms. The van der Waals surface area contributed by atoms with Crippen LogP contribution in [0, 0.1) is 11.8 Å². The molecule has 2 nitrogen and oxygen atoms in total. The molecule has 12 rings (SSSR count). The first-order chi connectivity index (χ1) is 25.1. The van der Waals surface area contributed by atoms with Crippen LogP contribution in [0.2, 0.25) is 0 Å². The minimum atomic E-state index is -0.151. The number of hydrogen-bond acceptors (Lipinski definition) is 1. The molecule has 0 amide bonds. The van der Waals surface area contributed by atoms with Crippen molar-refractivity contribution in [2.45, 2.75) is 19.3 Å². The second-order valence-corrected chi connectivity index (χ2v) is 15.2. The van der Waals surface area contributed by atoms with Crippen molar-refractivity contribution in [1.29, 1.82) is 0 Å². The first kappa shape index (κ1) is 27.7. The van der Waals surface area contributed by atoms with E-state index in [1.807, 2.05) is 0 Å². The van der Waals surface area contributed by atoms with Crippen molar-refractivity contribution in [2.75, 3.05) is 0 Å². The normalized spacial score (nSPS) is 19.2. The molecule has 2 aromatic heterocycles. The van der Waals surface area contributed by atoms with E-state index in [1.54, 1.807) is 0 Å². The molecule has 0 saturated heterocycles. The van der Waals surface area contributed by atoms with Crippen LogP contribution in [0.4, 0.5) is 0 Å². The summed E-state index contributed by atoms with van der Waals surface area (Å²) in [5, 5.41) is 4.96. The molecular weight excluding hydrogens is 619 g/mol. The number of allylic oxidation sites excluding steroid dienone is 8. The van der Waals surface area contributed by atoms with Gasteiger partial charge in [-0.2, -0.15) is 0 Å². The molecule has 0 saturated carbocycles. The van der Waals surface area contributed by atoms with Gasteiger partial charge in [0.2, 0.25) is 0 Å². The minimum absolute atomic E-state index is 0.151. The van der Waals surface area contributed by atoms with Crippen LogP contribution in [0.1, 0.15) is 41.7 Å². The van der Waals surface area contributed by atoms with Crippen molar-refractivity contribution >= 4 is 60.5 Å². The van der Waals surface area contributed by atoms with Crippen LogP contribution in [0.15, 0.2) is 156 Å². The number of furan rings is 1. The third kappa shape index (κ3) is 3.47. The Kier molecular flexibility index (Phi) is 5.19. The zero-order valence-electron chi connectivity index (χ0n) is 28.4. The van der Waals surface area contributed by atoms with Gasteiger partial charge in [-0.3, -0.25) is 0 Å². The lowest BCUT2D eigenvalue weighted by Crippen LogP contribution is -2.18. The molecule has 4 aliphatic rings. The SMILES string of the molecule is CC1(C)c2cc3oc4ccccc4c3cc2-c2c1ccc1c2c2ccccc2n1-c1ccc(C2=CC=C3c4ccccc4C4=CC=CC2C43)cc1. The average Bonchev–Trinajstić information content (AvgIpc) is 3.87. The molecule has 240 valence electrons. The fraction of sp³-hybridized carbons (Fsp3) is 0.102. The van der Waals surface area contributed by atoms with Gasteiger partial charge in [0.1, 0.15) is 11.2 Å². The number of nitrogens with zero attached hydrogens (tertiary/aromatic N) is 1. The molecule has 2 heterocycles. The summed E-state index contributed by atoms with van der Waals surface area (Å²) in [7, 11) is 0. The largest absolute Gasteiger partial charge is 0.456 e. The van der Waals surface area contributed by atoms with Gasteiger partial charge in [-0.1, -0.05) is 123 Å². The highest BCUT2D eigenvalue weighted by Crippen LogP contribution is 2.57. The monoisotopic (exact) mass is 651 g/mol. The molecule has 0 bridgehead atoms. The third-order valence-corrected chi connectivity index (χ3v) is 12.4. The zero-order chi connectivity index (χ0) is 33.6. The van der Waals surface area contributed by atoms with Gasteiger partial charge >= 0.3 is 0 Å². The maximum Gasteiger partial charge on any atom is 0.135 e. The summed E-state index contributed by atoms with van der Waals surface area (Å²) >= 11 is 0. The van der Waals surface area contributed by atoms with Gasteiger partial charge in [-0.05, 0) is 98.1 Å². The Morgan fingerprint density at radius 2 is 1.29 bits per heavy atom. The van der Waals surface area contributed by atoms with Gasteiger partial charge in [0.05, 0.1) is 11.0 Å². The quantitative estimate of drug-likeness (QED) is 0.182. The number of rotatable bonds is 2. The fourth-order valence-electron chi connectivity index (χ4n) is 10.1. The van der Waals surface area contributed by atoms with Crippen LogP contribution in [0.5, 0.6) is 0 Å². The van der Waals surface area contributed by atoms with Gasteiger partial charge in [-0.15, -0.1) is 0 Å². The average molecular weight is 652 g/mol. The highest BCUT2D eigenvalue weighted by molar-refractivity contribution is 6.19. The van der Waals surface area contributed by atoms with Crippen LogP contribution in [-0.4, -0.2) is 4.57 Å². The predicted molar refractivity (Wildman–Crippen MR) is 212 cm³/mol. The minimum Gasteiger partial charge on any atom is -0.456 e. The maximum absolute atomic E-state index is 6.38. The molecule has 0 N–H and O–H groups in total. The van der Waals surface area contributed by atoms with E-state index in [9.17, 15) is 0 Å². The summed E-state index contributed by atoms with van der Waals surface area (Å²) in [5.74, 6) is 0.723. The van der Waals surface area contributed by atoms with Crippen molar-refractivity contribution in [3.05, 3.63) is 180 Å². The number of aromatic nitrogens is 1. The molecule has 8 aromatic rings. The van der Waals surface area contributed by atoms with Crippen LogP contribution in [0.3, 0.4) is 0 Å². The van der Waals surface area contributed by atoms with E-state index in [2.05, 4.69) is 170 Å². The number of benzene rings is 6. The van der Waals surface area contributed by atoms with Gasteiger partial charge in [0.25, 0.3) is 0 Å². The van der Waals surface area contributed by atoms with Crippen molar-refractivity contribution in [2.24, 2.45) is 11.8 Å². The summed E-state index contributed by atoms with van der Waals surface area (Å²) in [4.78, 5) is 0. The number of hydrogen-bond donors (Lipinski definition) is 0. The van der Waals surface area contributed by atoms with Crippen LogP contribution in [0.25, 0.3) is 77.3 Å². The standard InChI is InChI=1S/C49H33NO/c1-49(2)40-24-25-43-48(47(40)39-26-38-33-12-6-8-17-44(33)51-45(38)27-41(39)49)37-13-5-7-16-42(37)50(43)29-20-18-28(19-21-29)30-22-23-36-32-11-4-3-10-31(32)35-15-9-14-34(30)46(35)36/h3-27,34,46H,1-2H3. The van der Waals surface area contributed by atoms with Crippen molar-refractivity contribution in [3.63, 3.8) is 0 Å². The molecule has 0 aliphatic heterocycles. The molecule has 2 heteroatoms. The second-order valence-electron chi connectivity index (χ2n) is 15.2. The lowest BCUT2D eigenvalue weighted by molar-refractivity contribution is 0.647. The Morgan fingerprint density at radius 1 is 0.569 bits per heavy atom. The van der Waals surface area contributed by atoms with E-state index >= 15 is 0 Å². The molecule has 6 aromatic carbocycles. The van der Waals surface area contributed by atoms with Gasteiger partial charge in [0.15, 0.2) is 0 Å². The van der Waals surface area contributed by atoms with Crippen LogP contribution >= 0.6 is 0 Å². The van der Waals surface area contributed by atoms with Crippen molar-refractivity contribution in [3.8, 4) is 16.8 Å². The first-order valence-electron chi connectivity index (χ1n) is 18.1. The van der Waals surface area contributed by atoms with E-state index in [4.69, 9.17) is 4.42 Å². The van der Waals surface area contributed by atoms with Crippen LogP contribution in [-0.2, 0) is 5.41 Å². The number of fused-ring (bicyclic) bond motifs is 13. The van der Waals surface area contributed by atoms with Gasteiger partial charge in [0, 0.05) is 44.5 Å². The molecular formula is C49H33NO. The van der Waals surface area contributed by atoms with Gasteiger partial charge in [-0.25, -0.2) is 0 Å². The van der Waals surface area contributed by atoms with E-state index in [0.717, 1.165) is 11.2 Å². The fourth-order valence-corrected chi connectivity index (χ4v) is 10.1. The van der Waals surface area contributed by atoms with E-state index in [0.29, 0.717) is 11.8 Å². The second kappa shape index (κ2) is 9.56. The summed E-state index contributed by atoms with van der Waals surface area (Å²) < 4.78 is 8.85. The van der Waals surface area contributed by atoms with E-state index in [1.165, 1.54) is 93.9 Å². The Balaban J connectivity index is 1.03. The predicted octanol–water partition coefficient (Wildman–Crippen LogP) is 12.7. The summed E-state index contributed by atoms with van der Waals surface area (Å²) in [6.45, 7) is 4.72. The van der Waals surface area contributed by atoms with E-state index < -0.39 is 0 Å². The topological polar surface area (TPSA) is 18.1 Å². The molecule has 0 radical (unpaired) electrons. The zero-order valence-corrected chi connectivity index (χ0v) is 28.4.